The molecule has 0 N–H and O–H groups in total. The Hall–Kier alpha value is -1.40. The fraction of sp³-hybridized carbons (Fsp3) is 0.692. The maximum Gasteiger partial charge on any atom is 0.410 e. The second-order valence-corrected chi connectivity index (χ2v) is 4.92. The topological polar surface area (TPSA) is 65.1 Å². The van der Waals surface area contributed by atoms with Gasteiger partial charge in [0.05, 0.1) is 6.54 Å². The van der Waals surface area contributed by atoms with Crippen LogP contribution in [0.25, 0.3) is 0 Å². The van der Waals surface area contributed by atoms with Crippen molar-refractivity contribution in [2.45, 2.75) is 32.5 Å². The summed E-state index contributed by atoms with van der Waals surface area (Å²) in [6, 6.07) is 0. The number of methoxy groups -OCH3 is 1. The quantitative estimate of drug-likeness (QED) is 0.382. The summed E-state index contributed by atoms with van der Waals surface area (Å²) >= 11 is 0. The van der Waals surface area contributed by atoms with Gasteiger partial charge in [0, 0.05) is 13.7 Å². The third-order valence-corrected chi connectivity index (χ3v) is 1.95. The molecule has 0 aromatic heterocycles. The fourth-order valence-electron chi connectivity index (χ4n) is 1.21. The highest BCUT2D eigenvalue weighted by Gasteiger charge is 2.24. The van der Waals surface area contributed by atoms with Crippen LogP contribution in [0, 0.1) is 0 Å². The molecule has 6 nitrogen and oxygen atoms in total. The third kappa shape index (κ3) is 8.34. The van der Waals surface area contributed by atoms with E-state index in [1.807, 2.05) is 0 Å². The lowest BCUT2D eigenvalue weighted by atomic mass is 10.2. The monoisotopic (exact) mass is 273 g/mol. The van der Waals surface area contributed by atoms with Crippen LogP contribution < -0.4 is 0 Å². The number of carbonyl (C=O) groups excluding carboxylic acids is 2. The molecule has 0 saturated carbocycles. The van der Waals surface area contributed by atoms with Crippen molar-refractivity contribution in [3.63, 3.8) is 0 Å². The van der Waals surface area contributed by atoms with Crippen LogP contribution in [0.4, 0.5) is 4.79 Å². The van der Waals surface area contributed by atoms with Crippen LogP contribution in [0.2, 0.25) is 0 Å². The number of nitrogens with zero attached hydrogens (tertiary/aromatic N) is 1. The zero-order chi connectivity index (χ0) is 14.9. The van der Waals surface area contributed by atoms with Crippen LogP contribution >= 0.6 is 0 Å². The lowest BCUT2D eigenvalue weighted by molar-refractivity contribution is -0.129. The summed E-state index contributed by atoms with van der Waals surface area (Å²) in [5.74, 6) is 0. The van der Waals surface area contributed by atoms with Crippen molar-refractivity contribution in [3.05, 3.63) is 12.7 Å². The second-order valence-electron chi connectivity index (χ2n) is 4.92. The van der Waals surface area contributed by atoms with E-state index in [2.05, 4.69) is 6.58 Å². The van der Waals surface area contributed by atoms with Crippen LogP contribution in [-0.4, -0.2) is 56.0 Å². The summed E-state index contributed by atoms with van der Waals surface area (Å²) in [5, 5.41) is 0. The van der Waals surface area contributed by atoms with E-state index < -0.39 is 17.8 Å². The van der Waals surface area contributed by atoms with Crippen LogP contribution in [-0.2, 0) is 19.0 Å². The average Bonchev–Trinajstić information content (AvgIpc) is 2.30. The van der Waals surface area contributed by atoms with Gasteiger partial charge in [0.1, 0.15) is 18.5 Å². The summed E-state index contributed by atoms with van der Waals surface area (Å²) in [6.07, 6.45) is 0.911. The van der Waals surface area contributed by atoms with E-state index in [1.54, 1.807) is 26.8 Å². The standard InChI is InChI=1S/C13H23NO5/c1-6-7-14(12(16)19-13(2,3)4)8-11(9-15)18-10-17-5/h6,9,11H,1,7-8,10H2,2-5H3/t11-/m0/s1. The van der Waals surface area contributed by atoms with Crippen LogP contribution in [0.15, 0.2) is 12.7 Å². The Kier molecular flexibility index (Phi) is 8.02. The number of hydrogen-bond donors (Lipinski definition) is 0. The normalized spacial score (nSPS) is 12.6. The molecule has 0 spiro atoms. The molecule has 0 saturated heterocycles. The van der Waals surface area contributed by atoms with Crippen molar-refractivity contribution < 1.29 is 23.8 Å². The van der Waals surface area contributed by atoms with Gasteiger partial charge in [0.2, 0.25) is 0 Å². The van der Waals surface area contributed by atoms with Gasteiger partial charge in [-0.3, -0.25) is 0 Å². The summed E-state index contributed by atoms with van der Waals surface area (Å²) in [6.45, 7) is 9.24. The predicted octanol–water partition coefficient (Wildman–Crippen LogP) is 1.60. The number of hydrogen-bond acceptors (Lipinski definition) is 5. The first-order valence-corrected chi connectivity index (χ1v) is 5.98. The van der Waals surface area contributed by atoms with Gasteiger partial charge in [-0.25, -0.2) is 4.79 Å². The van der Waals surface area contributed by atoms with Crippen molar-refractivity contribution >= 4 is 12.4 Å². The minimum absolute atomic E-state index is 0.0142. The number of aldehydes is 1. The Morgan fingerprint density at radius 1 is 1.42 bits per heavy atom. The van der Waals surface area contributed by atoms with E-state index in [0.717, 1.165) is 0 Å². The molecule has 0 fully saturated rings. The van der Waals surface area contributed by atoms with Gasteiger partial charge in [-0.2, -0.15) is 0 Å². The van der Waals surface area contributed by atoms with E-state index in [-0.39, 0.29) is 19.9 Å². The lowest BCUT2D eigenvalue weighted by Crippen LogP contribution is -2.42. The lowest BCUT2D eigenvalue weighted by Gasteiger charge is -2.28. The molecular weight excluding hydrogens is 250 g/mol. The van der Waals surface area contributed by atoms with E-state index >= 15 is 0 Å². The Morgan fingerprint density at radius 2 is 2.05 bits per heavy atom. The fourth-order valence-corrected chi connectivity index (χ4v) is 1.21. The molecule has 0 aliphatic rings. The highest BCUT2D eigenvalue weighted by Crippen LogP contribution is 2.10. The molecule has 0 radical (unpaired) electrons. The van der Waals surface area contributed by atoms with Crippen molar-refractivity contribution in [1.82, 2.24) is 4.90 Å². The highest BCUT2D eigenvalue weighted by molar-refractivity contribution is 5.69. The minimum Gasteiger partial charge on any atom is -0.444 e. The molecule has 0 heterocycles. The van der Waals surface area contributed by atoms with E-state index in [0.29, 0.717) is 6.29 Å². The molecule has 19 heavy (non-hydrogen) atoms. The van der Waals surface area contributed by atoms with Crippen molar-refractivity contribution in [2.75, 3.05) is 27.0 Å². The van der Waals surface area contributed by atoms with Crippen LogP contribution in [0.1, 0.15) is 20.8 Å². The second kappa shape index (κ2) is 8.66. The summed E-state index contributed by atoms with van der Waals surface area (Å²) < 4.78 is 15.1. The van der Waals surface area contributed by atoms with Crippen molar-refractivity contribution in [1.29, 1.82) is 0 Å². The van der Waals surface area contributed by atoms with Crippen molar-refractivity contribution in [2.24, 2.45) is 0 Å². The molecule has 0 aliphatic carbocycles. The Balaban J connectivity index is 4.57. The molecule has 0 unspecified atom stereocenters. The molecule has 0 aliphatic heterocycles. The summed E-state index contributed by atoms with van der Waals surface area (Å²) in [5.41, 5.74) is -0.597. The summed E-state index contributed by atoms with van der Waals surface area (Å²) in [7, 11) is 1.46. The van der Waals surface area contributed by atoms with Crippen LogP contribution in [0.5, 0.6) is 0 Å². The molecule has 0 bridgehead atoms. The maximum atomic E-state index is 11.9. The SMILES string of the molecule is C=CCN(C[C@@H](C=O)OCOC)C(=O)OC(C)(C)C. The Morgan fingerprint density at radius 3 is 2.47 bits per heavy atom. The first kappa shape index (κ1) is 17.6. The average molecular weight is 273 g/mol. The van der Waals surface area contributed by atoms with Crippen molar-refractivity contribution in [3.8, 4) is 0 Å². The largest absolute Gasteiger partial charge is 0.444 e. The molecule has 0 aromatic rings. The molecule has 110 valence electrons. The molecule has 1 amide bonds. The molecule has 1 atom stereocenters. The van der Waals surface area contributed by atoms with Gasteiger partial charge in [0.15, 0.2) is 6.29 Å². The number of carbonyl (C=O) groups is 2. The number of amides is 1. The van der Waals surface area contributed by atoms with Gasteiger partial charge < -0.3 is 23.9 Å². The zero-order valence-corrected chi connectivity index (χ0v) is 12.0. The van der Waals surface area contributed by atoms with E-state index in [4.69, 9.17) is 14.2 Å². The zero-order valence-electron chi connectivity index (χ0n) is 12.0. The van der Waals surface area contributed by atoms with Gasteiger partial charge in [-0.05, 0) is 20.8 Å². The maximum absolute atomic E-state index is 11.9. The highest BCUT2D eigenvalue weighted by atomic mass is 16.7. The molecule has 6 heteroatoms. The van der Waals surface area contributed by atoms with Gasteiger partial charge >= 0.3 is 6.09 Å². The molecule has 0 rings (SSSR count). The summed E-state index contributed by atoms with van der Waals surface area (Å²) in [4.78, 5) is 24.2. The minimum atomic E-state index is -0.757. The Bertz CT molecular complexity index is 298. The third-order valence-electron chi connectivity index (χ3n) is 1.95. The Labute approximate surface area is 114 Å². The number of rotatable bonds is 8. The smallest absolute Gasteiger partial charge is 0.410 e. The molecule has 0 aromatic carbocycles. The molecular formula is C13H23NO5. The van der Waals surface area contributed by atoms with Gasteiger partial charge in [-0.15, -0.1) is 6.58 Å². The van der Waals surface area contributed by atoms with E-state index in [9.17, 15) is 9.59 Å². The number of ether oxygens (including phenoxy) is 3. The van der Waals surface area contributed by atoms with E-state index in [1.165, 1.54) is 12.0 Å². The first-order valence-electron chi connectivity index (χ1n) is 5.98. The van der Waals surface area contributed by atoms with Gasteiger partial charge in [-0.1, -0.05) is 6.08 Å². The predicted molar refractivity (Wildman–Crippen MR) is 70.8 cm³/mol. The first-order chi connectivity index (χ1) is 8.84. The van der Waals surface area contributed by atoms with Gasteiger partial charge in [0.25, 0.3) is 0 Å². The van der Waals surface area contributed by atoms with Crippen LogP contribution in [0.3, 0.4) is 0 Å².